The van der Waals surface area contributed by atoms with Crippen molar-refractivity contribution in [1.29, 1.82) is 0 Å². The molecule has 0 unspecified atom stereocenters. The van der Waals surface area contributed by atoms with Gasteiger partial charge in [-0.3, -0.25) is 0 Å². The van der Waals surface area contributed by atoms with Crippen LogP contribution in [0, 0.1) is 0 Å². The predicted molar refractivity (Wildman–Crippen MR) is 17.6 cm³/mol. The quantitative estimate of drug-likeness (QED) is 0.358. The summed E-state index contributed by atoms with van der Waals surface area (Å²) in [6.07, 6.45) is 0. The molecule has 0 N–H and O–H groups in total. The van der Waals surface area contributed by atoms with E-state index in [1.165, 1.54) is 0 Å². The summed E-state index contributed by atoms with van der Waals surface area (Å²) >= 11 is -0.333. The second kappa shape index (κ2) is 5.00. The van der Waals surface area contributed by atoms with E-state index in [1.807, 2.05) is 0 Å². The van der Waals surface area contributed by atoms with Gasteiger partial charge in [-0.15, -0.1) is 0 Å². The van der Waals surface area contributed by atoms with Crippen LogP contribution >= 0.6 is 0 Å². The second-order valence-corrected chi connectivity index (χ2v) is 6.18. The zero-order valence-corrected chi connectivity index (χ0v) is 6.20. The maximum Gasteiger partial charge on any atom is -1.00 e. The van der Waals surface area contributed by atoms with Gasteiger partial charge in [-0.25, -0.2) is 0 Å². The van der Waals surface area contributed by atoms with Crippen LogP contribution in [0.25, 0.3) is 0 Å². The number of hydrogen-bond donors (Lipinski definition) is 0. The summed E-state index contributed by atoms with van der Waals surface area (Å²) in [6, 6.07) is 0. The predicted octanol–water partition coefficient (Wildman–Crippen LogP) is -1.25. The van der Waals surface area contributed by atoms with Crippen LogP contribution in [-0.4, -0.2) is 0 Å². The van der Waals surface area contributed by atoms with Crippen molar-refractivity contribution >= 4 is 0 Å². The average Bonchev–Trinajstić information content (AvgIpc) is 0.811. The van der Waals surface area contributed by atoms with E-state index in [2.05, 4.69) is 15.7 Å². The van der Waals surface area contributed by atoms with Gasteiger partial charge in [0.05, 0.1) is 0 Å². The summed E-state index contributed by atoms with van der Waals surface area (Å²) < 4.78 is 0. The molecule has 0 amide bonds. The molecule has 0 fully saturated rings. The Bertz CT molecular complexity index is 11.6. The summed E-state index contributed by atoms with van der Waals surface area (Å²) in [5, 5.41) is 7.00. The van der Waals surface area contributed by atoms with Crippen LogP contribution in [0.5, 0.6) is 0 Å². The average molecular weight is 128 g/mol. The normalized spacial score (nSPS) is 5.40. The van der Waals surface area contributed by atoms with Gasteiger partial charge in [-0.05, 0) is 0 Å². The fourth-order valence-corrected chi connectivity index (χ4v) is 0. The molecule has 5 heavy (non-hydrogen) atoms. The van der Waals surface area contributed by atoms with Gasteiger partial charge in [0.1, 0.15) is 0 Å². The third kappa shape index (κ3) is 44.8. The van der Waals surface area contributed by atoms with E-state index in [0.717, 1.165) is 0 Å². The van der Waals surface area contributed by atoms with Gasteiger partial charge in [-0.2, -0.15) is 0 Å². The summed E-state index contributed by atoms with van der Waals surface area (Å²) in [5.41, 5.74) is 0. The molecule has 0 rings (SSSR count). The van der Waals surface area contributed by atoms with Gasteiger partial charge in [0, 0.05) is 0 Å². The van der Waals surface area contributed by atoms with Crippen LogP contribution in [0.4, 0.5) is 0 Å². The van der Waals surface area contributed by atoms with Crippen LogP contribution in [0.3, 0.4) is 0 Å². The minimum atomic E-state index is -0.333. The maximum atomic E-state index is 2.33. The van der Waals surface area contributed by atoms with Gasteiger partial charge in [0.15, 0.2) is 0 Å². The molecule has 0 saturated carbocycles. The number of halogens is 1. The molecule has 32 valence electrons. The van der Waals surface area contributed by atoms with Gasteiger partial charge < -0.3 is 12.4 Å². The van der Waals surface area contributed by atoms with E-state index >= 15 is 0 Å². The molecule has 2 heteroatoms. The Morgan fingerprint density at radius 2 is 1.00 bits per heavy atom. The Kier molecular flexibility index (Phi) is 9.39. The minimum absolute atomic E-state index is 0. The van der Waals surface area contributed by atoms with Crippen molar-refractivity contribution in [2.45, 2.75) is 15.7 Å². The molecule has 0 nitrogen and oxygen atoms in total. The molecule has 0 aliphatic rings. The summed E-state index contributed by atoms with van der Waals surface area (Å²) in [4.78, 5) is 0. The first-order valence-corrected chi connectivity index (χ1v) is 6.18. The first kappa shape index (κ1) is 9.38. The van der Waals surface area contributed by atoms with Crippen molar-refractivity contribution in [2.75, 3.05) is 0 Å². The molecule has 0 aliphatic carbocycles. The Hall–Kier alpha value is 1.00. The fraction of sp³-hybridized carbons (Fsp3) is 1.00. The van der Waals surface area contributed by atoms with Gasteiger partial charge in [-0.1, -0.05) is 0 Å². The smallest absolute Gasteiger partial charge is 1.00 e. The van der Waals surface area contributed by atoms with Crippen molar-refractivity contribution in [2.24, 2.45) is 0 Å². The first-order chi connectivity index (χ1) is 1.73. The van der Waals surface area contributed by atoms with Crippen LogP contribution in [0.15, 0.2) is 0 Å². The summed E-state index contributed by atoms with van der Waals surface area (Å²) in [6.45, 7) is 0. The molecule has 0 bridgehead atoms. The van der Waals surface area contributed by atoms with Crippen molar-refractivity contribution in [3.63, 3.8) is 0 Å². The number of hydrogen-bond acceptors (Lipinski definition) is 0. The molecular weight excluding hydrogens is 119 g/mol. The second-order valence-electron chi connectivity index (χ2n) is 1.50. The van der Waals surface area contributed by atoms with E-state index < -0.39 is 0 Å². The topological polar surface area (TPSA) is 0 Å². The van der Waals surface area contributed by atoms with E-state index in [-0.39, 0.29) is 30.3 Å². The molecule has 0 aromatic heterocycles. The molecule has 0 saturated heterocycles. The van der Waals surface area contributed by atoms with Crippen molar-refractivity contribution in [3.8, 4) is 0 Å². The van der Waals surface area contributed by atoms with Crippen LogP contribution in [0.2, 0.25) is 15.7 Å². The molecule has 0 aliphatic heterocycles. The SMILES string of the molecule is [CH3][Ti+]([CH3])[CH3].[Cl-]. The maximum absolute atomic E-state index is 2.33. The molecule has 0 spiro atoms. The van der Waals surface area contributed by atoms with Crippen molar-refractivity contribution in [1.82, 2.24) is 0 Å². The van der Waals surface area contributed by atoms with Gasteiger partial charge in [0.25, 0.3) is 0 Å². The molecule has 0 heterocycles. The van der Waals surface area contributed by atoms with Crippen LogP contribution in [-0.2, 0) is 17.9 Å². The van der Waals surface area contributed by atoms with Crippen molar-refractivity contribution in [3.05, 3.63) is 0 Å². The van der Waals surface area contributed by atoms with E-state index in [9.17, 15) is 0 Å². The monoisotopic (exact) mass is 128 g/mol. The van der Waals surface area contributed by atoms with E-state index in [0.29, 0.717) is 0 Å². The van der Waals surface area contributed by atoms with Gasteiger partial charge >= 0.3 is 33.6 Å². The van der Waals surface area contributed by atoms with Crippen LogP contribution in [0.1, 0.15) is 0 Å². The fourth-order valence-electron chi connectivity index (χ4n) is 0. The minimum Gasteiger partial charge on any atom is -1.00 e. The van der Waals surface area contributed by atoms with Crippen molar-refractivity contribution < 1.29 is 30.3 Å². The van der Waals surface area contributed by atoms with E-state index in [4.69, 9.17) is 0 Å². The van der Waals surface area contributed by atoms with Crippen LogP contribution < -0.4 is 12.4 Å². The Morgan fingerprint density at radius 1 is 1.00 bits per heavy atom. The van der Waals surface area contributed by atoms with Gasteiger partial charge in [0.2, 0.25) is 0 Å². The summed E-state index contributed by atoms with van der Waals surface area (Å²) in [7, 11) is 0. The summed E-state index contributed by atoms with van der Waals surface area (Å²) in [5.74, 6) is 0. The Balaban J connectivity index is 0. The third-order valence-corrected chi connectivity index (χ3v) is 0. The molecule has 0 atom stereocenters. The largest absolute Gasteiger partial charge is 1.00 e. The van der Waals surface area contributed by atoms with E-state index in [1.54, 1.807) is 0 Å². The standard InChI is InChI=1S/3CH3.ClH.Ti/h3*1H3;1H;/q;;;;+1/p-1. The third-order valence-electron chi connectivity index (χ3n) is 0. The molecule has 0 aromatic rings. The molecular formula is C3H9ClTi. The first-order valence-electron chi connectivity index (χ1n) is 1.50. The molecule has 0 radical (unpaired) electrons. The Labute approximate surface area is 46.2 Å². The Morgan fingerprint density at radius 3 is 1.00 bits per heavy atom. The molecule has 0 aromatic carbocycles. The number of rotatable bonds is 0. The zero-order chi connectivity index (χ0) is 3.58. The zero-order valence-electron chi connectivity index (χ0n) is 3.88.